The van der Waals surface area contributed by atoms with Crippen molar-refractivity contribution >= 4 is 37.3 Å². The van der Waals surface area contributed by atoms with Crippen LogP contribution in [0.1, 0.15) is 5.56 Å². The van der Waals surface area contributed by atoms with Gasteiger partial charge in [-0.25, -0.2) is 8.42 Å². The molecule has 2 aromatic rings. The summed E-state index contributed by atoms with van der Waals surface area (Å²) in [6.07, 6.45) is 0.708. The fraction of sp³-hybridized carbons (Fsp3) is 0.231. The summed E-state index contributed by atoms with van der Waals surface area (Å²) >= 11 is 4.50. The van der Waals surface area contributed by atoms with E-state index in [1.54, 1.807) is 18.5 Å². The average Bonchev–Trinajstić information content (AvgIpc) is 2.84. The van der Waals surface area contributed by atoms with E-state index in [4.69, 9.17) is 0 Å². The van der Waals surface area contributed by atoms with Gasteiger partial charge in [0.05, 0.1) is 0 Å². The van der Waals surface area contributed by atoms with Crippen LogP contribution in [0.5, 0.6) is 0 Å². The molecule has 102 valence electrons. The highest BCUT2D eigenvalue weighted by molar-refractivity contribution is 9.10. The second-order valence-corrected chi connectivity index (χ2v) is 8.13. The lowest BCUT2D eigenvalue weighted by Gasteiger charge is -2.16. The predicted octanol–water partition coefficient (Wildman–Crippen LogP) is 3.37. The minimum absolute atomic E-state index is 0.364. The molecule has 0 amide bonds. The SMILES string of the molecule is CN(CCc1ccccc1)S(=O)(=O)c1sccc1Br. The quantitative estimate of drug-likeness (QED) is 0.820. The summed E-state index contributed by atoms with van der Waals surface area (Å²) in [6, 6.07) is 11.6. The van der Waals surface area contributed by atoms with Gasteiger partial charge in [0.2, 0.25) is 0 Å². The first kappa shape index (κ1) is 14.7. The number of likely N-dealkylation sites (N-methyl/N-ethyl adjacent to an activating group) is 1. The van der Waals surface area contributed by atoms with Gasteiger partial charge in [-0.1, -0.05) is 30.3 Å². The molecule has 0 saturated heterocycles. The van der Waals surface area contributed by atoms with Crippen molar-refractivity contribution in [2.24, 2.45) is 0 Å². The zero-order chi connectivity index (χ0) is 13.9. The molecule has 3 nitrogen and oxygen atoms in total. The van der Waals surface area contributed by atoms with Crippen LogP contribution in [0, 0.1) is 0 Å². The van der Waals surface area contributed by atoms with E-state index in [0.29, 0.717) is 21.6 Å². The van der Waals surface area contributed by atoms with E-state index in [1.165, 1.54) is 15.6 Å². The molecule has 6 heteroatoms. The smallest absolute Gasteiger partial charge is 0.206 e. The first-order valence-electron chi connectivity index (χ1n) is 5.75. The lowest BCUT2D eigenvalue weighted by atomic mass is 10.2. The highest BCUT2D eigenvalue weighted by atomic mass is 79.9. The molecule has 0 radical (unpaired) electrons. The molecule has 2 rings (SSSR count). The molecule has 0 atom stereocenters. The number of halogens is 1. The van der Waals surface area contributed by atoms with Crippen LogP contribution in [0.25, 0.3) is 0 Å². The van der Waals surface area contributed by atoms with Gasteiger partial charge in [0.25, 0.3) is 10.0 Å². The third kappa shape index (κ3) is 3.45. The summed E-state index contributed by atoms with van der Waals surface area (Å²) < 4.78 is 27.1. The fourth-order valence-corrected chi connectivity index (χ4v) is 5.33. The summed E-state index contributed by atoms with van der Waals surface area (Å²) in [6.45, 7) is 0.469. The van der Waals surface area contributed by atoms with Crippen molar-refractivity contribution in [3.05, 3.63) is 51.8 Å². The third-order valence-electron chi connectivity index (χ3n) is 2.79. The summed E-state index contributed by atoms with van der Waals surface area (Å²) in [5, 5.41) is 1.77. The molecule has 0 bridgehead atoms. The molecular formula is C13H14BrNO2S2. The van der Waals surface area contributed by atoms with Gasteiger partial charge in [-0.2, -0.15) is 4.31 Å². The van der Waals surface area contributed by atoms with Crippen molar-refractivity contribution in [1.82, 2.24) is 4.31 Å². The van der Waals surface area contributed by atoms with Crippen molar-refractivity contribution in [2.75, 3.05) is 13.6 Å². The van der Waals surface area contributed by atoms with Gasteiger partial charge >= 0.3 is 0 Å². The first-order chi connectivity index (χ1) is 9.01. The topological polar surface area (TPSA) is 37.4 Å². The lowest BCUT2D eigenvalue weighted by molar-refractivity contribution is 0.474. The Kier molecular flexibility index (Phi) is 4.78. The molecule has 0 aliphatic rings. The molecule has 0 fully saturated rings. The highest BCUT2D eigenvalue weighted by Gasteiger charge is 2.24. The molecular weight excluding hydrogens is 346 g/mol. The minimum atomic E-state index is -3.39. The van der Waals surface area contributed by atoms with Crippen molar-refractivity contribution in [3.8, 4) is 0 Å². The van der Waals surface area contributed by atoms with Crippen molar-refractivity contribution in [2.45, 2.75) is 10.6 Å². The van der Waals surface area contributed by atoms with E-state index in [9.17, 15) is 8.42 Å². The van der Waals surface area contributed by atoms with E-state index < -0.39 is 10.0 Å². The monoisotopic (exact) mass is 359 g/mol. The predicted molar refractivity (Wildman–Crippen MR) is 82.0 cm³/mol. The van der Waals surface area contributed by atoms with Crippen molar-refractivity contribution in [3.63, 3.8) is 0 Å². The van der Waals surface area contributed by atoms with Gasteiger partial charge in [0.1, 0.15) is 4.21 Å². The molecule has 0 aliphatic carbocycles. The maximum absolute atomic E-state index is 12.3. The standard InChI is InChI=1S/C13H14BrNO2S2/c1-15(9-7-11-5-3-2-4-6-11)19(16,17)13-12(14)8-10-18-13/h2-6,8,10H,7,9H2,1H3. The zero-order valence-corrected chi connectivity index (χ0v) is 13.6. The normalized spacial score (nSPS) is 11.9. The van der Waals surface area contributed by atoms with Gasteiger partial charge in [0.15, 0.2) is 0 Å². The van der Waals surface area contributed by atoms with E-state index in [0.717, 1.165) is 5.56 Å². The fourth-order valence-electron chi connectivity index (χ4n) is 1.66. The van der Waals surface area contributed by atoms with Crippen molar-refractivity contribution in [1.29, 1.82) is 0 Å². The molecule has 1 heterocycles. The Morgan fingerprint density at radius 1 is 1.21 bits per heavy atom. The molecule has 0 spiro atoms. The van der Waals surface area contributed by atoms with Crippen LogP contribution >= 0.6 is 27.3 Å². The molecule has 19 heavy (non-hydrogen) atoms. The number of hydrogen-bond donors (Lipinski definition) is 0. The van der Waals surface area contributed by atoms with E-state index in [2.05, 4.69) is 15.9 Å². The lowest BCUT2D eigenvalue weighted by Crippen LogP contribution is -2.28. The summed E-state index contributed by atoms with van der Waals surface area (Å²) in [5.41, 5.74) is 1.13. The van der Waals surface area contributed by atoms with Gasteiger partial charge in [-0.05, 0) is 39.4 Å². The minimum Gasteiger partial charge on any atom is -0.206 e. The highest BCUT2D eigenvalue weighted by Crippen LogP contribution is 2.29. The third-order valence-corrected chi connectivity index (χ3v) is 7.29. The number of nitrogens with zero attached hydrogens (tertiary/aromatic N) is 1. The van der Waals surface area contributed by atoms with E-state index >= 15 is 0 Å². The van der Waals surface area contributed by atoms with Gasteiger partial charge in [-0.3, -0.25) is 0 Å². The maximum atomic E-state index is 12.3. The van der Waals surface area contributed by atoms with Crippen molar-refractivity contribution < 1.29 is 8.42 Å². The molecule has 0 N–H and O–H groups in total. The van der Waals surface area contributed by atoms with Gasteiger partial charge < -0.3 is 0 Å². The molecule has 1 aromatic heterocycles. The second kappa shape index (κ2) is 6.17. The van der Waals surface area contributed by atoms with Crippen LogP contribution in [0.2, 0.25) is 0 Å². The number of hydrogen-bond acceptors (Lipinski definition) is 3. The van der Waals surface area contributed by atoms with Crippen LogP contribution < -0.4 is 0 Å². The van der Waals surface area contributed by atoms with Crippen LogP contribution in [0.4, 0.5) is 0 Å². The summed E-state index contributed by atoms with van der Waals surface area (Å²) in [7, 11) is -1.78. The van der Waals surface area contributed by atoms with Crippen LogP contribution in [-0.2, 0) is 16.4 Å². The zero-order valence-electron chi connectivity index (χ0n) is 10.4. The van der Waals surface area contributed by atoms with E-state index in [-0.39, 0.29) is 0 Å². The molecule has 0 unspecified atom stereocenters. The molecule has 0 saturated carbocycles. The Balaban J connectivity index is 2.08. The Hall–Kier alpha value is -0.690. The summed E-state index contributed by atoms with van der Waals surface area (Å²) in [4.78, 5) is 0. The Morgan fingerprint density at radius 3 is 2.47 bits per heavy atom. The average molecular weight is 360 g/mol. The largest absolute Gasteiger partial charge is 0.253 e. The van der Waals surface area contributed by atoms with E-state index in [1.807, 2.05) is 30.3 Å². The second-order valence-electron chi connectivity index (χ2n) is 4.12. The van der Waals surface area contributed by atoms with Crippen LogP contribution in [0.15, 0.2) is 50.5 Å². The van der Waals surface area contributed by atoms with Gasteiger partial charge in [0, 0.05) is 18.1 Å². The van der Waals surface area contributed by atoms with Gasteiger partial charge in [-0.15, -0.1) is 11.3 Å². The Labute approximate surface area is 126 Å². The number of benzene rings is 1. The number of thiophene rings is 1. The molecule has 0 aliphatic heterocycles. The van der Waals surface area contributed by atoms with Crippen LogP contribution in [-0.4, -0.2) is 26.3 Å². The number of sulfonamides is 1. The maximum Gasteiger partial charge on any atom is 0.253 e. The Morgan fingerprint density at radius 2 is 1.89 bits per heavy atom. The Bertz CT molecular complexity index is 638. The number of rotatable bonds is 5. The summed E-state index contributed by atoms with van der Waals surface area (Å²) in [5.74, 6) is 0. The first-order valence-corrected chi connectivity index (χ1v) is 8.86. The van der Waals surface area contributed by atoms with Crippen LogP contribution in [0.3, 0.4) is 0 Å². The molecule has 1 aromatic carbocycles.